The van der Waals surface area contributed by atoms with Crippen LogP contribution in [0.1, 0.15) is 16.3 Å². The minimum absolute atomic E-state index is 0.149. The lowest BCUT2D eigenvalue weighted by molar-refractivity contribution is 0.101. The van der Waals surface area contributed by atoms with Crippen molar-refractivity contribution in [2.75, 3.05) is 34.8 Å². The van der Waals surface area contributed by atoms with Crippen molar-refractivity contribution in [3.63, 3.8) is 0 Å². The van der Waals surface area contributed by atoms with E-state index >= 15 is 0 Å². The number of benzene rings is 2. The van der Waals surface area contributed by atoms with Crippen LogP contribution in [0.5, 0.6) is 0 Å². The summed E-state index contributed by atoms with van der Waals surface area (Å²) in [5, 5.41) is 7.13. The summed E-state index contributed by atoms with van der Waals surface area (Å²) in [5.41, 5.74) is 3.67. The van der Waals surface area contributed by atoms with Crippen LogP contribution in [-0.4, -0.2) is 53.6 Å². The fraction of sp³-hybridized carbons (Fsp3) is 0.192. The molecular formula is C26H22ClN5O4S2. The van der Waals surface area contributed by atoms with Gasteiger partial charge >= 0.3 is 0 Å². The number of amides is 1. The summed E-state index contributed by atoms with van der Waals surface area (Å²) < 4.78 is 31.4. The van der Waals surface area contributed by atoms with Crippen LogP contribution in [0.15, 0.2) is 71.3 Å². The van der Waals surface area contributed by atoms with E-state index in [9.17, 15) is 13.2 Å². The van der Waals surface area contributed by atoms with Gasteiger partial charge in [-0.3, -0.25) is 4.79 Å². The summed E-state index contributed by atoms with van der Waals surface area (Å²) in [6, 6.07) is 20.4. The molecule has 1 aliphatic rings. The minimum Gasteiger partial charge on any atom is -0.369 e. The zero-order valence-electron chi connectivity index (χ0n) is 20.0. The monoisotopic (exact) mass is 567 g/mol. The molecule has 12 heteroatoms. The number of imidazole rings is 1. The van der Waals surface area contributed by atoms with E-state index in [4.69, 9.17) is 16.1 Å². The van der Waals surface area contributed by atoms with Crippen molar-refractivity contribution in [3.05, 3.63) is 82.6 Å². The number of rotatable bonds is 6. The number of thiophene rings is 1. The van der Waals surface area contributed by atoms with Gasteiger partial charge in [0.2, 0.25) is 5.82 Å². The lowest BCUT2D eigenvalue weighted by Gasteiger charge is -2.28. The van der Waals surface area contributed by atoms with Gasteiger partial charge in [0.25, 0.3) is 5.91 Å². The summed E-state index contributed by atoms with van der Waals surface area (Å²) in [7, 11) is -2.95. The third-order valence-electron chi connectivity index (χ3n) is 6.39. The molecule has 0 unspecified atom stereocenters. The van der Waals surface area contributed by atoms with Crippen LogP contribution in [0.2, 0.25) is 4.34 Å². The molecule has 0 bridgehead atoms. The highest BCUT2D eigenvalue weighted by atomic mass is 35.5. The molecule has 38 heavy (non-hydrogen) atoms. The Labute approximate surface area is 227 Å². The fourth-order valence-electron chi connectivity index (χ4n) is 4.43. The third-order valence-corrected chi connectivity index (χ3v) is 9.24. The van der Waals surface area contributed by atoms with E-state index in [1.54, 1.807) is 18.2 Å². The SMILES string of the molecule is O=C(Nc1ccc(N2CCS(=O)(=O)CC2)cc1)c1nc2ccccc2n1Cc1cc(-c2ccc(Cl)s2)on1. The summed E-state index contributed by atoms with van der Waals surface area (Å²) >= 11 is 7.46. The normalized spacial score (nSPS) is 15.1. The number of halogens is 1. The second kappa shape index (κ2) is 9.90. The number of para-hydroxylation sites is 2. The summed E-state index contributed by atoms with van der Waals surface area (Å²) in [4.78, 5) is 20.8. The maximum absolute atomic E-state index is 13.4. The van der Waals surface area contributed by atoms with Crippen molar-refractivity contribution in [2.45, 2.75) is 6.54 Å². The number of sulfone groups is 1. The van der Waals surface area contributed by atoms with Crippen molar-refractivity contribution >= 4 is 61.1 Å². The van der Waals surface area contributed by atoms with E-state index in [1.165, 1.54) is 11.3 Å². The molecule has 9 nitrogen and oxygen atoms in total. The van der Waals surface area contributed by atoms with Crippen LogP contribution in [-0.2, 0) is 16.4 Å². The van der Waals surface area contributed by atoms with E-state index < -0.39 is 9.84 Å². The topological polar surface area (TPSA) is 110 Å². The molecule has 1 N–H and O–H groups in total. The number of anilines is 2. The lowest BCUT2D eigenvalue weighted by atomic mass is 10.2. The zero-order chi connectivity index (χ0) is 26.3. The van der Waals surface area contributed by atoms with E-state index in [1.807, 2.05) is 58.0 Å². The molecule has 0 radical (unpaired) electrons. The standard InChI is InChI=1S/C26H22ClN5O4S2/c27-24-10-9-23(37-24)22-15-18(30-36-22)16-32-21-4-2-1-3-20(21)29-25(32)26(33)28-17-5-7-19(8-6-17)31-11-13-38(34,35)14-12-31/h1-10,15H,11-14,16H2,(H,28,33). The van der Waals surface area contributed by atoms with Gasteiger partial charge < -0.3 is 19.3 Å². The van der Waals surface area contributed by atoms with Crippen LogP contribution in [0.3, 0.4) is 0 Å². The van der Waals surface area contributed by atoms with Crippen molar-refractivity contribution in [1.82, 2.24) is 14.7 Å². The molecule has 1 saturated heterocycles. The van der Waals surface area contributed by atoms with Gasteiger partial charge in [-0.25, -0.2) is 13.4 Å². The number of carbonyl (C=O) groups excluding carboxylic acids is 1. The molecule has 5 aromatic rings. The van der Waals surface area contributed by atoms with Crippen molar-refractivity contribution < 1.29 is 17.7 Å². The molecule has 0 spiro atoms. The van der Waals surface area contributed by atoms with Crippen LogP contribution in [0.25, 0.3) is 21.7 Å². The first-order valence-electron chi connectivity index (χ1n) is 11.9. The lowest BCUT2D eigenvalue weighted by Crippen LogP contribution is -2.40. The molecule has 0 aliphatic carbocycles. The first kappa shape index (κ1) is 24.7. The Morgan fingerprint density at radius 1 is 1.05 bits per heavy atom. The number of nitrogens with zero attached hydrogens (tertiary/aromatic N) is 4. The number of fused-ring (bicyclic) bond motifs is 1. The predicted octanol–water partition coefficient (Wildman–Crippen LogP) is 4.94. The molecule has 1 aliphatic heterocycles. The molecule has 2 aromatic carbocycles. The van der Waals surface area contributed by atoms with Crippen molar-refractivity contribution in [3.8, 4) is 10.6 Å². The first-order chi connectivity index (χ1) is 18.3. The Morgan fingerprint density at radius 2 is 1.82 bits per heavy atom. The fourth-order valence-corrected chi connectivity index (χ4v) is 6.63. The van der Waals surface area contributed by atoms with Gasteiger partial charge in [0.15, 0.2) is 15.6 Å². The van der Waals surface area contributed by atoms with Gasteiger partial charge in [-0.05, 0) is 48.5 Å². The summed E-state index contributed by atoms with van der Waals surface area (Å²) in [6.45, 7) is 1.21. The molecular weight excluding hydrogens is 546 g/mol. The Kier molecular flexibility index (Phi) is 6.42. The number of aromatic nitrogens is 3. The van der Waals surface area contributed by atoms with E-state index in [0.717, 1.165) is 16.1 Å². The average Bonchev–Trinajstić information content (AvgIpc) is 3.64. The summed E-state index contributed by atoms with van der Waals surface area (Å²) in [5.74, 6) is 0.803. The predicted molar refractivity (Wildman–Crippen MR) is 149 cm³/mol. The molecule has 4 heterocycles. The largest absolute Gasteiger partial charge is 0.369 e. The van der Waals surface area contributed by atoms with Crippen LogP contribution >= 0.6 is 22.9 Å². The smallest absolute Gasteiger partial charge is 0.291 e. The van der Waals surface area contributed by atoms with E-state index in [0.29, 0.717) is 46.6 Å². The molecule has 194 valence electrons. The molecule has 3 aromatic heterocycles. The number of carbonyl (C=O) groups is 1. The van der Waals surface area contributed by atoms with Crippen LogP contribution in [0, 0.1) is 0 Å². The maximum Gasteiger partial charge on any atom is 0.291 e. The first-order valence-corrected chi connectivity index (χ1v) is 14.9. The zero-order valence-corrected chi connectivity index (χ0v) is 22.4. The van der Waals surface area contributed by atoms with Crippen molar-refractivity contribution in [2.24, 2.45) is 0 Å². The Morgan fingerprint density at radius 3 is 2.55 bits per heavy atom. The molecule has 0 atom stereocenters. The number of nitrogens with one attached hydrogen (secondary N) is 1. The number of hydrogen-bond donors (Lipinski definition) is 1. The van der Waals surface area contributed by atoms with Gasteiger partial charge in [0.1, 0.15) is 5.69 Å². The van der Waals surface area contributed by atoms with E-state index in [2.05, 4.69) is 15.5 Å². The average molecular weight is 568 g/mol. The highest BCUT2D eigenvalue weighted by Gasteiger charge is 2.22. The van der Waals surface area contributed by atoms with Crippen molar-refractivity contribution in [1.29, 1.82) is 0 Å². The van der Waals surface area contributed by atoms with Crippen LogP contribution < -0.4 is 10.2 Å². The molecule has 1 fully saturated rings. The van der Waals surface area contributed by atoms with Gasteiger partial charge in [0, 0.05) is 30.5 Å². The molecule has 6 rings (SSSR count). The minimum atomic E-state index is -2.95. The third kappa shape index (κ3) is 5.04. The summed E-state index contributed by atoms with van der Waals surface area (Å²) in [6.07, 6.45) is 0. The highest BCUT2D eigenvalue weighted by molar-refractivity contribution is 7.91. The quantitative estimate of drug-likeness (QED) is 0.309. The molecule has 0 saturated carbocycles. The second-order valence-electron chi connectivity index (χ2n) is 8.94. The van der Waals surface area contributed by atoms with Gasteiger partial charge in [-0.1, -0.05) is 28.9 Å². The van der Waals surface area contributed by atoms with Gasteiger partial charge in [-0.15, -0.1) is 11.3 Å². The van der Waals surface area contributed by atoms with Gasteiger partial charge in [0.05, 0.1) is 38.3 Å². The Balaban J connectivity index is 1.23. The highest BCUT2D eigenvalue weighted by Crippen LogP contribution is 2.32. The second-order valence-corrected chi connectivity index (χ2v) is 13.0. The van der Waals surface area contributed by atoms with Gasteiger partial charge in [-0.2, -0.15) is 0 Å². The maximum atomic E-state index is 13.4. The van der Waals surface area contributed by atoms with Crippen LogP contribution in [0.4, 0.5) is 11.4 Å². The molecule has 1 amide bonds. The Hall–Kier alpha value is -3.67. The van der Waals surface area contributed by atoms with E-state index in [-0.39, 0.29) is 23.2 Å². The Bertz CT molecular complexity index is 1730. The number of hydrogen-bond acceptors (Lipinski definition) is 8.